The molecule has 0 aromatic heterocycles. The predicted molar refractivity (Wildman–Crippen MR) is 62.3 cm³/mol. The van der Waals surface area contributed by atoms with Gasteiger partial charge in [0.25, 0.3) is 0 Å². The molecule has 0 spiro atoms. The second-order valence-electron chi connectivity index (χ2n) is 4.44. The number of unbranched alkanes of at least 4 members (excludes halogenated alkanes) is 4. The molecule has 4 N–H and O–H groups in total. The quantitative estimate of drug-likeness (QED) is 0.598. The van der Waals surface area contributed by atoms with Gasteiger partial charge in [-0.3, -0.25) is 0 Å². The summed E-state index contributed by atoms with van der Waals surface area (Å²) in [5.74, 6) is 0. The molecule has 0 amide bonds. The maximum absolute atomic E-state index is 8.56. The van der Waals surface area contributed by atoms with Crippen LogP contribution in [0.2, 0.25) is 0 Å². The molecule has 0 aliphatic heterocycles. The molecular weight excluding hydrogens is 194 g/mol. The Kier molecular flexibility index (Phi) is 10.8. The Morgan fingerprint density at radius 2 is 1.53 bits per heavy atom. The monoisotopic (exact) mass is 219 g/mol. The first-order valence-electron chi connectivity index (χ1n) is 5.50. The summed E-state index contributed by atoms with van der Waals surface area (Å²) in [5, 5.41) is 13.9. The third-order valence-corrected chi connectivity index (χ3v) is 1.92. The molecule has 4 nitrogen and oxygen atoms in total. The summed E-state index contributed by atoms with van der Waals surface area (Å²) in [4.78, 5) is 8.56. The maximum Gasteiger partial charge on any atom is 0.503 e. The lowest BCUT2D eigenvalue weighted by Crippen LogP contribution is -2.31. The molecule has 0 saturated heterocycles. The number of nitrogens with two attached hydrogens (primary N) is 1. The van der Waals surface area contributed by atoms with Crippen LogP contribution in [-0.4, -0.2) is 21.9 Å². The van der Waals surface area contributed by atoms with Crippen LogP contribution < -0.4 is 5.73 Å². The van der Waals surface area contributed by atoms with Gasteiger partial charge in [0.1, 0.15) is 0 Å². The van der Waals surface area contributed by atoms with Gasteiger partial charge in [0, 0.05) is 5.54 Å². The van der Waals surface area contributed by atoms with E-state index in [1.54, 1.807) is 0 Å². The summed E-state index contributed by atoms with van der Waals surface area (Å²) in [6.45, 7) is 6.45. The van der Waals surface area contributed by atoms with Crippen LogP contribution in [0.15, 0.2) is 0 Å². The highest BCUT2D eigenvalue weighted by molar-refractivity contribution is 5.53. The molecule has 0 aliphatic carbocycles. The van der Waals surface area contributed by atoms with Gasteiger partial charge in [-0.15, -0.1) is 0 Å². The van der Waals surface area contributed by atoms with E-state index in [9.17, 15) is 0 Å². The van der Waals surface area contributed by atoms with E-state index >= 15 is 0 Å². The van der Waals surface area contributed by atoms with E-state index in [0.29, 0.717) is 0 Å². The van der Waals surface area contributed by atoms with Crippen molar-refractivity contribution >= 4 is 6.16 Å². The van der Waals surface area contributed by atoms with Crippen LogP contribution in [0.3, 0.4) is 0 Å². The fourth-order valence-electron chi connectivity index (χ4n) is 1.18. The average molecular weight is 219 g/mol. The van der Waals surface area contributed by atoms with Crippen LogP contribution in [0.4, 0.5) is 4.79 Å². The van der Waals surface area contributed by atoms with Gasteiger partial charge in [0.2, 0.25) is 0 Å². The Labute approximate surface area is 92.5 Å². The molecule has 15 heavy (non-hydrogen) atoms. The summed E-state index contributed by atoms with van der Waals surface area (Å²) in [6.07, 6.45) is 6.07. The van der Waals surface area contributed by atoms with Gasteiger partial charge in [0.05, 0.1) is 0 Å². The second-order valence-corrected chi connectivity index (χ2v) is 4.44. The van der Waals surface area contributed by atoms with Gasteiger partial charge in [-0.05, 0) is 20.3 Å². The lowest BCUT2D eigenvalue weighted by Gasteiger charge is -2.17. The van der Waals surface area contributed by atoms with Crippen molar-refractivity contribution in [2.75, 3.05) is 0 Å². The minimum Gasteiger partial charge on any atom is -0.450 e. The molecule has 0 atom stereocenters. The lowest BCUT2D eigenvalue weighted by atomic mass is 9.98. The number of hydrogen-bond donors (Lipinski definition) is 3. The van der Waals surface area contributed by atoms with Crippen molar-refractivity contribution in [3.05, 3.63) is 0 Å². The molecule has 0 bridgehead atoms. The zero-order chi connectivity index (χ0) is 12.3. The molecule has 92 valence electrons. The number of rotatable bonds is 6. The van der Waals surface area contributed by atoms with E-state index in [1.165, 1.54) is 32.1 Å². The highest BCUT2D eigenvalue weighted by Crippen LogP contribution is 2.11. The molecular formula is C11H25NO3. The summed E-state index contributed by atoms with van der Waals surface area (Å²) >= 11 is 0. The molecule has 0 aromatic rings. The average Bonchev–Trinajstić information content (AvgIpc) is 2.01. The molecule has 0 rings (SSSR count). The molecule has 0 radical (unpaired) electrons. The predicted octanol–water partition coefficient (Wildman–Crippen LogP) is 3.31. The fraction of sp³-hybridized carbons (Fsp3) is 0.909. The third kappa shape index (κ3) is 31.9. The van der Waals surface area contributed by atoms with Gasteiger partial charge in [-0.2, -0.15) is 0 Å². The first-order chi connectivity index (χ1) is 6.79. The normalized spacial score (nSPS) is 10.4. The van der Waals surface area contributed by atoms with Crippen LogP contribution in [0.5, 0.6) is 0 Å². The third-order valence-electron chi connectivity index (χ3n) is 1.92. The van der Waals surface area contributed by atoms with E-state index in [1.807, 2.05) is 0 Å². The molecule has 0 aromatic carbocycles. The molecule has 0 fully saturated rings. The van der Waals surface area contributed by atoms with Gasteiger partial charge < -0.3 is 15.9 Å². The van der Waals surface area contributed by atoms with Crippen molar-refractivity contribution in [2.45, 2.75) is 64.8 Å². The highest BCUT2D eigenvalue weighted by atomic mass is 16.6. The smallest absolute Gasteiger partial charge is 0.450 e. The first-order valence-corrected chi connectivity index (χ1v) is 5.50. The second kappa shape index (κ2) is 9.77. The zero-order valence-corrected chi connectivity index (χ0v) is 10.1. The van der Waals surface area contributed by atoms with E-state index in [2.05, 4.69) is 20.8 Å². The summed E-state index contributed by atoms with van der Waals surface area (Å²) in [6, 6.07) is 0. The molecule has 0 saturated carbocycles. The Hall–Kier alpha value is -0.770. The highest BCUT2D eigenvalue weighted by Gasteiger charge is 2.08. The standard InChI is InChI=1S/C10H23N.CH2O3/c1-4-5-6-7-8-9-10(2,3)11;2-1(3)4/h4-9,11H2,1-3H3;(H2,2,3,4). The minimum atomic E-state index is -1.83. The van der Waals surface area contributed by atoms with Crippen molar-refractivity contribution in [2.24, 2.45) is 5.73 Å². The van der Waals surface area contributed by atoms with Crippen LogP contribution >= 0.6 is 0 Å². The SMILES string of the molecule is CCCCCCCC(C)(C)N.O=C(O)O. The van der Waals surface area contributed by atoms with Gasteiger partial charge in [-0.25, -0.2) is 4.79 Å². The Balaban J connectivity index is 0. The van der Waals surface area contributed by atoms with E-state index in [0.717, 1.165) is 6.42 Å². The zero-order valence-electron chi connectivity index (χ0n) is 10.1. The fourth-order valence-corrected chi connectivity index (χ4v) is 1.18. The van der Waals surface area contributed by atoms with Crippen molar-refractivity contribution in [3.63, 3.8) is 0 Å². The molecule has 0 heterocycles. The molecule has 0 unspecified atom stereocenters. The largest absolute Gasteiger partial charge is 0.503 e. The van der Waals surface area contributed by atoms with Crippen LogP contribution in [0.25, 0.3) is 0 Å². The maximum atomic E-state index is 8.56. The topological polar surface area (TPSA) is 83.6 Å². The lowest BCUT2D eigenvalue weighted by molar-refractivity contribution is 0.137. The Morgan fingerprint density at radius 1 is 1.13 bits per heavy atom. The van der Waals surface area contributed by atoms with Gasteiger partial charge in [-0.1, -0.05) is 39.0 Å². The summed E-state index contributed by atoms with van der Waals surface area (Å²) < 4.78 is 0. The van der Waals surface area contributed by atoms with Crippen molar-refractivity contribution < 1.29 is 15.0 Å². The van der Waals surface area contributed by atoms with Crippen LogP contribution in [0, 0.1) is 0 Å². The Bertz CT molecular complexity index is 148. The van der Waals surface area contributed by atoms with Gasteiger partial charge >= 0.3 is 6.16 Å². The van der Waals surface area contributed by atoms with Crippen molar-refractivity contribution in [1.82, 2.24) is 0 Å². The Morgan fingerprint density at radius 3 is 1.87 bits per heavy atom. The van der Waals surface area contributed by atoms with E-state index in [-0.39, 0.29) is 5.54 Å². The number of carboxylic acid groups (broad SMARTS) is 2. The van der Waals surface area contributed by atoms with Gasteiger partial charge in [0.15, 0.2) is 0 Å². The minimum absolute atomic E-state index is 0.0478. The summed E-state index contributed by atoms with van der Waals surface area (Å²) in [7, 11) is 0. The number of hydrogen-bond acceptors (Lipinski definition) is 2. The van der Waals surface area contributed by atoms with Crippen LogP contribution in [0.1, 0.15) is 59.3 Å². The number of carbonyl (C=O) groups is 1. The van der Waals surface area contributed by atoms with Crippen molar-refractivity contribution in [3.8, 4) is 0 Å². The molecule has 4 heteroatoms. The summed E-state index contributed by atoms with van der Waals surface area (Å²) in [5.41, 5.74) is 5.90. The van der Waals surface area contributed by atoms with E-state index < -0.39 is 6.16 Å². The first kappa shape index (κ1) is 16.7. The van der Waals surface area contributed by atoms with Crippen LogP contribution in [-0.2, 0) is 0 Å². The molecule has 0 aliphatic rings. The van der Waals surface area contributed by atoms with E-state index in [4.69, 9.17) is 20.7 Å². The van der Waals surface area contributed by atoms with Crippen molar-refractivity contribution in [1.29, 1.82) is 0 Å².